The van der Waals surface area contributed by atoms with Crippen LogP contribution in [0.15, 0.2) is 24.3 Å². The summed E-state index contributed by atoms with van der Waals surface area (Å²) in [4.78, 5) is 21.8. The Labute approximate surface area is 111 Å². The van der Waals surface area contributed by atoms with E-state index in [1.165, 1.54) is 13.2 Å². The monoisotopic (exact) mass is 264 g/mol. The first kappa shape index (κ1) is 14.8. The summed E-state index contributed by atoms with van der Waals surface area (Å²) in [5.41, 5.74) is 1.28. The molecule has 0 radical (unpaired) electrons. The van der Waals surface area contributed by atoms with Crippen LogP contribution in [0.4, 0.5) is 0 Å². The molecule has 0 aliphatic carbocycles. The minimum atomic E-state index is -0.935. The summed E-state index contributed by atoms with van der Waals surface area (Å²) in [5, 5.41) is 8.86. The lowest BCUT2D eigenvalue weighted by Crippen LogP contribution is -2.04. The maximum atomic E-state index is 11.0. The fourth-order valence-electron chi connectivity index (χ4n) is 1.53. The van der Waals surface area contributed by atoms with Crippen LogP contribution in [0, 0.1) is 0 Å². The molecule has 1 N–H and O–H groups in total. The van der Waals surface area contributed by atoms with Gasteiger partial charge in [-0.2, -0.15) is 0 Å². The van der Waals surface area contributed by atoms with E-state index in [-0.39, 0.29) is 6.42 Å². The van der Waals surface area contributed by atoms with E-state index in [9.17, 15) is 9.59 Å². The molecule has 1 aromatic rings. The van der Waals surface area contributed by atoms with Gasteiger partial charge in [0.15, 0.2) is 0 Å². The predicted molar refractivity (Wildman–Crippen MR) is 70.0 cm³/mol. The first-order valence-corrected chi connectivity index (χ1v) is 5.80. The number of carboxylic acids is 1. The zero-order chi connectivity index (χ0) is 14.3. The highest BCUT2D eigenvalue weighted by Crippen LogP contribution is 2.21. The molecule has 0 aromatic heterocycles. The van der Waals surface area contributed by atoms with E-state index in [0.717, 1.165) is 0 Å². The van der Waals surface area contributed by atoms with Gasteiger partial charge < -0.3 is 14.6 Å². The van der Waals surface area contributed by atoms with Gasteiger partial charge in [-0.3, -0.25) is 4.79 Å². The van der Waals surface area contributed by atoms with Crippen molar-refractivity contribution >= 4 is 18.0 Å². The van der Waals surface area contributed by atoms with Crippen molar-refractivity contribution in [2.45, 2.75) is 13.3 Å². The highest BCUT2D eigenvalue weighted by Gasteiger charge is 2.08. The van der Waals surface area contributed by atoms with Crippen LogP contribution in [0.3, 0.4) is 0 Å². The fraction of sp³-hybridized carbons (Fsp3) is 0.286. The number of hydrogen-bond acceptors (Lipinski definition) is 4. The topological polar surface area (TPSA) is 72.8 Å². The van der Waals surface area contributed by atoms with Gasteiger partial charge in [-0.25, -0.2) is 4.79 Å². The van der Waals surface area contributed by atoms with Crippen molar-refractivity contribution in [3.63, 3.8) is 0 Å². The van der Waals surface area contributed by atoms with Crippen molar-refractivity contribution in [3.8, 4) is 5.75 Å². The Morgan fingerprint density at radius 1 is 1.37 bits per heavy atom. The molecule has 0 saturated carbocycles. The first-order valence-electron chi connectivity index (χ1n) is 5.80. The summed E-state index contributed by atoms with van der Waals surface area (Å²) in [7, 11) is 1.29. The van der Waals surface area contributed by atoms with E-state index >= 15 is 0 Å². The van der Waals surface area contributed by atoms with Gasteiger partial charge in [0.1, 0.15) is 5.75 Å². The Morgan fingerprint density at radius 2 is 2.11 bits per heavy atom. The van der Waals surface area contributed by atoms with Crippen LogP contribution >= 0.6 is 0 Å². The van der Waals surface area contributed by atoms with Gasteiger partial charge in [-0.1, -0.05) is 6.07 Å². The molecule has 5 heteroatoms. The van der Waals surface area contributed by atoms with Gasteiger partial charge in [0.2, 0.25) is 0 Å². The van der Waals surface area contributed by atoms with E-state index in [4.69, 9.17) is 9.84 Å². The summed E-state index contributed by atoms with van der Waals surface area (Å²) < 4.78 is 9.85. The highest BCUT2D eigenvalue weighted by atomic mass is 16.5. The lowest BCUT2D eigenvalue weighted by atomic mass is 10.1. The molecule has 0 saturated heterocycles. The number of carbonyl (C=O) groups excluding carboxylic acids is 1. The van der Waals surface area contributed by atoms with Gasteiger partial charge in [0.05, 0.1) is 20.1 Å². The van der Waals surface area contributed by atoms with Crippen LogP contribution in [0.5, 0.6) is 5.75 Å². The van der Waals surface area contributed by atoms with Crippen molar-refractivity contribution < 1.29 is 24.2 Å². The Morgan fingerprint density at radius 3 is 2.68 bits per heavy atom. The number of esters is 1. The molecular formula is C14H16O5. The molecule has 5 nitrogen and oxygen atoms in total. The van der Waals surface area contributed by atoms with E-state index in [0.29, 0.717) is 23.5 Å². The van der Waals surface area contributed by atoms with Crippen LogP contribution in [-0.2, 0) is 20.7 Å². The lowest BCUT2D eigenvalue weighted by molar-refractivity contribution is -0.136. The molecule has 0 amide bonds. The zero-order valence-corrected chi connectivity index (χ0v) is 10.9. The molecule has 1 aromatic carbocycles. The average Bonchev–Trinajstić information content (AvgIpc) is 2.38. The van der Waals surface area contributed by atoms with E-state index in [2.05, 4.69) is 4.74 Å². The third-order valence-corrected chi connectivity index (χ3v) is 2.34. The number of benzene rings is 1. The normalized spacial score (nSPS) is 10.4. The predicted octanol–water partition coefficient (Wildman–Crippen LogP) is 1.90. The molecule has 0 aliphatic rings. The number of ether oxygens (including phenoxy) is 2. The number of methoxy groups -OCH3 is 1. The highest BCUT2D eigenvalue weighted by molar-refractivity contribution is 5.87. The van der Waals surface area contributed by atoms with Gasteiger partial charge in [0, 0.05) is 11.6 Å². The number of hydrogen-bond donors (Lipinski definition) is 1. The van der Waals surface area contributed by atoms with Crippen LogP contribution in [0.2, 0.25) is 0 Å². The van der Waals surface area contributed by atoms with Crippen molar-refractivity contribution in [2.24, 2.45) is 0 Å². The molecule has 0 aliphatic heterocycles. The second kappa shape index (κ2) is 7.20. The van der Waals surface area contributed by atoms with Gasteiger partial charge >= 0.3 is 11.9 Å². The van der Waals surface area contributed by atoms with Crippen molar-refractivity contribution in [3.05, 3.63) is 35.4 Å². The largest absolute Gasteiger partial charge is 0.494 e. The number of rotatable bonds is 6. The minimum absolute atomic E-state index is 0.130. The molecular weight excluding hydrogens is 248 g/mol. The number of carboxylic acid groups (broad SMARTS) is 1. The Kier molecular flexibility index (Phi) is 5.60. The lowest BCUT2D eigenvalue weighted by Gasteiger charge is -2.09. The third-order valence-electron chi connectivity index (χ3n) is 2.34. The Balaban J connectivity index is 2.99. The minimum Gasteiger partial charge on any atom is -0.494 e. The Hall–Kier alpha value is -2.30. The fourth-order valence-corrected chi connectivity index (χ4v) is 1.53. The van der Waals surface area contributed by atoms with Crippen molar-refractivity contribution in [1.29, 1.82) is 0 Å². The summed E-state index contributed by atoms with van der Waals surface area (Å²) in [6.45, 7) is 2.29. The van der Waals surface area contributed by atoms with E-state index in [1.54, 1.807) is 24.3 Å². The summed E-state index contributed by atoms with van der Waals surface area (Å²) in [6.07, 6.45) is 2.71. The van der Waals surface area contributed by atoms with Crippen LogP contribution in [0.25, 0.3) is 6.08 Å². The average molecular weight is 264 g/mol. The molecule has 1 rings (SSSR count). The van der Waals surface area contributed by atoms with Crippen LogP contribution in [-0.4, -0.2) is 30.8 Å². The number of carbonyl (C=O) groups is 2. The van der Waals surface area contributed by atoms with Gasteiger partial charge in [-0.05, 0) is 30.7 Å². The maximum Gasteiger partial charge on any atom is 0.330 e. The molecule has 0 heterocycles. The zero-order valence-electron chi connectivity index (χ0n) is 10.9. The molecule has 19 heavy (non-hydrogen) atoms. The molecule has 0 atom stereocenters. The first-order chi connectivity index (χ1) is 9.06. The SMILES string of the molecule is CCOc1ccc(C=CC(=O)OC)cc1CC(=O)O. The van der Waals surface area contributed by atoms with E-state index < -0.39 is 11.9 Å². The summed E-state index contributed by atoms with van der Waals surface area (Å²) in [5.74, 6) is -0.858. The van der Waals surface area contributed by atoms with E-state index in [1.807, 2.05) is 6.92 Å². The molecule has 0 spiro atoms. The smallest absolute Gasteiger partial charge is 0.330 e. The van der Waals surface area contributed by atoms with Crippen LogP contribution < -0.4 is 4.74 Å². The molecule has 102 valence electrons. The summed E-state index contributed by atoms with van der Waals surface area (Å²) in [6, 6.07) is 5.12. The van der Waals surface area contributed by atoms with Crippen molar-refractivity contribution in [2.75, 3.05) is 13.7 Å². The maximum absolute atomic E-state index is 11.0. The molecule has 0 unspecified atom stereocenters. The van der Waals surface area contributed by atoms with Crippen LogP contribution in [0.1, 0.15) is 18.1 Å². The second-order valence-electron chi connectivity index (χ2n) is 3.73. The third kappa shape index (κ3) is 4.83. The molecule has 0 fully saturated rings. The second-order valence-corrected chi connectivity index (χ2v) is 3.73. The van der Waals surface area contributed by atoms with Crippen molar-refractivity contribution in [1.82, 2.24) is 0 Å². The summed E-state index contributed by atoms with van der Waals surface area (Å²) >= 11 is 0. The van der Waals surface area contributed by atoms with Gasteiger partial charge in [-0.15, -0.1) is 0 Å². The standard InChI is InChI=1S/C14H16O5/c1-3-19-12-6-4-10(5-7-14(17)18-2)8-11(12)9-13(15)16/h4-8H,3,9H2,1-2H3,(H,15,16). The quantitative estimate of drug-likeness (QED) is 0.627. The number of aliphatic carboxylic acids is 1. The Bertz CT molecular complexity index is 491. The molecule has 0 bridgehead atoms. The van der Waals surface area contributed by atoms with Gasteiger partial charge in [0.25, 0.3) is 0 Å².